The Kier molecular flexibility index (Phi) is 7.46. The van der Waals surface area contributed by atoms with E-state index in [1.807, 2.05) is 0 Å². The van der Waals surface area contributed by atoms with Gasteiger partial charge in [-0.25, -0.2) is 0 Å². The summed E-state index contributed by atoms with van der Waals surface area (Å²) in [5.41, 5.74) is 17.5. The van der Waals surface area contributed by atoms with Crippen molar-refractivity contribution in [1.29, 1.82) is 0 Å². The van der Waals surface area contributed by atoms with E-state index in [-0.39, 0.29) is 0 Å². The molecule has 0 atom stereocenters. The predicted octanol–water partition coefficient (Wildman–Crippen LogP) is 17.7. The van der Waals surface area contributed by atoms with Crippen molar-refractivity contribution in [2.75, 3.05) is 4.90 Å². The Balaban J connectivity index is 0.991. The Morgan fingerprint density at radius 2 is 0.761 bits per heavy atom. The topological polar surface area (TPSA) is 16.4 Å². The van der Waals surface area contributed by atoms with Crippen molar-refractivity contribution >= 4 is 82.1 Å². The Morgan fingerprint density at radius 3 is 1.40 bits per heavy atom. The minimum Gasteiger partial charge on any atom is -0.456 e. The highest BCUT2D eigenvalue weighted by molar-refractivity contribution is 6.26. The monoisotopic (exact) mass is 849 g/mol. The summed E-state index contributed by atoms with van der Waals surface area (Å²) in [6.45, 7) is 0. The molecular formula is C65H39NO. The fourth-order valence-electron chi connectivity index (χ4n) is 12.3. The number of furan rings is 1. The van der Waals surface area contributed by atoms with Crippen molar-refractivity contribution in [2.45, 2.75) is 5.41 Å². The molecule has 0 fully saturated rings. The van der Waals surface area contributed by atoms with Crippen LogP contribution in [0, 0.1) is 0 Å². The summed E-state index contributed by atoms with van der Waals surface area (Å²) in [7, 11) is 0. The van der Waals surface area contributed by atoms with Crippen LogP contribution in [-0.2, 0) is 5.41 Å². The third-order valence-corrected chi connectivity index (χ3v) is 15.0. The number of benzene rings is 12. The van der Waals surface area contributed by atoms with Crippen LogP contribution in [0.25, 0.3) is 98.4 Å². The molecule has 15 rings (SSSR count). The van der Waals surface area contributed by atoms with Gasteiger partial charge in [0, 0.05) is 33.4 Å². The molecule has 0 bridgehead atoms. The number of fused-ring (bicyclic) bond motifs is 20. The highest BCUT2D eigenvalue weighted by Gasteiger charge is 2.51. The average molecular weight is 850 g/mol. The van der Waals surface area contributed by atoms with Gasteiger partial charge in [-0.1, -0.05) is 188 Å². The van der Waals surface area contributed by atoms with Crippen molar-refractivity contribution in [2.24, 2.45) is 0 Å². The van der Waals surface area contributed by atoms with Crippen molar-refractivity contribution in [3.63, 3.8) is 0 Å². The van der Waals surface area contributed by atoms with Gasteiger partial charge in [0.15, 0.2) is 0 Å². The van der Waals surface area contributed by atoms with Gasteiger partial charge < -0.3 is 9.32 Å². The molecule has 67 heavy (non-hydrogen) atoms. The van der Waals surface area contributed by atoms with Crippen LogP contribution in [0.5, 0.6) is 0 Å². The lowest BCUT2D eigenvalue weighted by Crippen LogP contribution is -2.26. The first-order valence-corrected chi connectivity index (χ1v) is 23.2. The second kappa shape index (κ2) is 13.7. The normalized spacial score (nSPS) is 13.2. The first kappa shape index (κ1) is 36.6. The van der Waals surface area contributed by atoms with Crippen LogP contribution in [0.1, 0.15) is 22.3 Å². The molecule has 1 aromatic heterocycles. The summed E-state index contributed by atoms with van der Waals surface area (Å²) in [5.74, 6) is 0. The molecule has 12 aromatic carbocycles. The fraction of sp³-hybridized carbons (Fsp3) is 0.0154. The standard InChI is InChI=1S/C65H39NO/c1-2-16-45-41(15-1)37-62-64(55-24-10-14-28-61(55)67-62)63(45)40-29-31-42(32-30-40)66(43-33-35-50-48-19-4-3-17-46(48)47-18-5-6-20-49(47)56(50)38-43)44-34-36-54-53-23-9-13-27-59(53)65(60(54)39-44)57-25-11-7-21-51(57)52-22-8-12-26-58(52)65/h1-39H. The van der Waals surface area contributed by atoms with E-state index < -0.39 is 5.41 Å². The van der Waals surface area contributed by atoms with Gasteiger partial charge in [-0.15, -0.1) is 0 Å². The van der Waals surface area contributed by atoms with Crippen LogP contribution in [-0.4, -0.2) is 0 Å². The van der Waals surface area contributed by atoms with E-state index >= 15 is 0 Å². The number of hydrogen-bond donors (Lipinski definition) is 0. The van der Waals surface area contributed by atoms with Crippen molar-refractivity contribution in [3.8, 4) is 33.4 Å². The molecule has 310 valence electrons. The second-order valence-corrected chi connectivity index (χ2v) is 18.3. The fourth-order valence-corrected chi connectivity index (χ4v) is 12.3. The highest BCUT2D eigenvalue weighted by atomic mass is 16.3. The van der Waals surface area contributed by atoms with E-state index in [2.05, 4.69) is 241 Å². The maximum Gasteiger partial charge on any atom is 0.136 e. The highest BCUT2D eigenvalue weighted by Crippen LogP contribution is 2.63. The SMILES string of the molecule is c1ccc2c(c1)-c1ccccc1C21c2ccccc2-c2ccc(N(c3ccc(-c4c5ccccc5cc5oc6ccccc6c45)cc3)c3ccc4c5ccccc5c5ccccc5c4c3)cc21. The van der Waals surface area contributed by atoms with E-state index in [1.54, 1.807) is 0 Å². The van der Waals surface area contributed by atoms with Gasteiger partial charge in [0.1, 0.15) is 11.2 Å². The number of hydrogen-bond acceptors (Lipinski definition) is 2. The van der Waals surface area contributed by atoms with Gasteiger partial charge >= 0.3 is 0 Å². The molecule has 2 aliphatic rings. The number of para-hydroxylation sites is 1. The molecule has 1 spiro atoms. The molecule has 1 heterocycles. The van der Waals surface area contributed by atoms with Crippen LogP contribution in [0.2, 0.25) is 0 Å². The average Bonchev–Trinajstić information content (AvgIpc) is 4.02. The zero-order valence-electron chi connectivity index (χ0n) is 36.4. The van der Waals surface area contributed by atoms with Crippen LogP contribution in [0.3, 0.4) is 0 Å². The maximum absolute atomic E-state index is 6.53. The first-order chi connectivity index (χ1) is 33.2. The second-order valence-electron chi connectivity index (χ2n) is 18.3. The maximum atomic E-state index is 6.53. The van der Waals surface area contributed by atoms with Gasteiger partial charge in [0.05, 0.1) is 5.41 Å². The molecule has 0 saturated heterocycles. The Bertz CT molecular complexity index is 4130. The van der Waals surface area contributed by atoms with E-state index in [0.717, 1.165) is 50.0 Å². The number of rotatable bonds is 4. The summed E-state index contributed by atoms with van der Waals surface area (Å²) >= 11 is 0. The quantitative estimate of drug-likeness (QED) is 0.164. The van der Waals surface area contributed by atoms with Crippen molar-refractivity contribution in [3.05, 3.63) is 259 Å². The summed E-state index contributed by atoms with van der Waals surface area (Å²) in [5, 5.41) is 12.2. The largest absolute Gasteiger partial charge is 0.456 e. The van der Waals surface area contributed by atoms with E-state index in [0.29, 0.717) is 0 Å². The zero-order valence-corrected chi connectivity index (χ0v) is 36.4. The lowest BCUT2D eigenvalue weighted by Gasteiger charge is -2.32. The number of nitrogens with zero attached hydrogens (tertiary/aromatic N) is 1. The van der Waals surface area contributed by atoms with Gasteiger partial charge in [-0.3, -0.25) is 0 Å². The molecule has 0 radical (unpaired) electrons. The van der Waals surface area contributed by atoms with E-state index in [9.17, 15) is 0 Å². The summed E-state index contributed by atoms with van der Waals surface area (Å²) in [6, 6.07) is 87.7. The Morgan fingerprint density at radius 1 is 0.299 bits per heavy atom. The van der Waals surface area contributed by atoms with Gasteiger partial charge in [-0.05, 0) is 142 Å². The van der Waals surface area contributed by atoms with Gasteiger partial charge in [0.25, 0.3) is 0 Å². The van der Waals surface area contributed by atoms with Gasteiger partial charge in [-0.2, -0.15) is 0 Å². The third kappa shape index (κ3) is 4.94. The van der Waals surface area contributed by atoms with Crippen LogP contribution in [0.15, 0.2) is 241 Å². The van der Waals surface area contributed by atoms with Crippen molar-refractivity contribution in [1.82, 2.24) is 0 Å². The van der Waals surface area contributed by atoms with Crippen LogP contribution < -0.4 is 4.90 Å². The summed E-state index contributed by atoms with van der Waals surface area (Å²) in [6.07, 6.45) is 0. The molecular weight excluding hydrogens is 811 g/mol. The molecule has 0 amide bonds. The number of anilines is 3. The van der Waals surface area contributed by atoms with Crippen molar-refractivity contribution < 1.29 is 4.42 Å². The molecule has 2 nitrogen and oxygen atoms in total. The minimum atomic E-state index is -0.462. The third-order valence-electron chi connectivity index (χ3n) is 15.0. The summed E-state index contributed by atoms with van der Waals surface area (Å²) in [4.78, 5) is 2.48. The van der Waals surface area contributed by atoms with Gasteiger partial charge in [0.2, 0.25) is 0 Å². The Hall–Kier alpha value is -8.72. The van der Waals surface area contributed by atoms with E-state index in [1.165, 1.54) is 87.8 Å². The smallest absolute Gasteiger partial charge is 0.136 e. The lowest BCUT2D eigenvalue weighted by atomic mass is 9.70. The molecule has 0 N–H and O–H groups in total. The van der Waals surface area contributed by atoms with Crippen LogP contribution in [0.4, 0.5) is 17.1 Å². The predicted molar refractivity (Wildman–Crippen MR) is 280 cm³/mol. The van der Waals surface area contributed by atoms with Crippen LogP contribution >= 0.6 is 0 Å². The lowest BCUT2D eigenvalue weighted by molar-refractivity contribution is 0.669. The molecule has 0 aliphatic heterocycles. The summed E-state index contributed by atoms with van der Waals surface area (Å²) < 4.78 is 6.53. The first-order valence-electron chi connectivity index (χ1n) is 23.2. The molecule has 2 aliphatic carbocycles. The molecule has 13 aromatic rings. The molecule has 2 heteroatoms. The zero-order chi connectivity index (χ0) is 43.8. The minimum absolute atomic E-state index is 0.462. The van der Waals surface area contributed by atoms with E-state index in [4.69, 9.17) is 4.42 Å². The molecule has 0 unspecified atom stereocenters. The molecule has 0 saturated carbocycles. The Labute approximate surface area is 387 Å².